The number of pyridine rings is 1. The molecule has 3 heterocycles. The van der Waals surface area contributed by atoms with Crippen LogP contribution in [0.3, 0.4) is 0 Å². The summed E-state index contributed by atoms with van der Waals surface area (Å²) in [5.74, 6) is -0.0865. The average Bonchev–Trinajstić information content (AvgIpc) is 3.16. The van der Waals surface area contributed by atoms with Crippen LogP contribution in [0.1, 0.15) is 46.0 Å². The van der Waals surface area contributed by atoms with E-state index in [4.69, 9.17) is 27.9 Å². The van der Waals surface area contributed by atoms with Crippen LogP contribution >= 0.6 is 23.2 Å². The van der Waals surface area contributed by atoms with Gasteiger partial charge in [-0.2, -0.15) is 5.10 Å². The van der Waals surface area contributed by atoms with Gasteiger partial charge in [0.15, 0.2) is 5.82 Å². The van der Waals surface area contributed by atoms with Gasteiger partial charge in [-0.25, -0.2) is 9.67 Å². The molecule has 0 saturated carbocycles. The molecule has 34 heavy (non-hydrogen) atoms. The Labute approximate surface area is 207 Å². The van der Waals surface area contributed by atoms with E-state index in [-0.39, 0.29) is 23.2 Å². The predicted octanol–water partition coefficient (Wildman–Crippen LogP) is 4.46. The Morgan fingerprint density at radius 3 is 2.62 bits per heavy atom. The lowest BCUT2D eigenvalue weighted by atomic mass is 10.0. The molecule has 1 saturated heterocycles. The lowest BCUT2D eigenvalue weighted by molar-refractivity contribution is -0.0316. The van der Waals surface area contributed by atoms with Gasteiger partial charge in [0.2, 0.25) is 0 Å². The van der Waals surface area contributed by atoms with E-state index in [2.05, 4.69) is 20.7 Å². The summed E-state index contributed by atoms with van der Waals surface area (Å²) in [6.07, 6.45) is 2.25. The highest BCUT2D eigenvalue weighted by atomic mass is 35.5. The summed E-state index contributed by atoms with van der Waals surface area (Å²) in [5.41, 5.74) is 2.29. The first kappa shape index (κ1) is 24.2. The number of aryl methyl sites for hydroxylation is 1. The highest BCUT2D eigenvalue weighted by molar-refractivity contribution is 6.32. The van der Waals surface area contributed by atoms with Crippen molar-refractivity contribution in [1.82, 2.24) is 20.1 Å². The number of ether oxygens (including phenoxy) is 1. The minimum atomic E-state index is -0.450. The number of nitrogens with zero attached hydrogens (tertiary/aromatic N) is 3. The van der Waals surface area contributed by atoms with Crippen molar-refractivity contribution in [2.45, 2.75) is 33.2 Å². The van der Waals surface area contributed by atoms with Gasteiger partial charge in [0.1, 0.15) is 5.69 Å². The topological polar surface area (TPSA) is 98.1 Å². The number of nitrogens with one attached hydrogen (secondary N) is 2. The Kier molecular flexibility index (Phi) is 7.21. The first-order valence-corrected chi connectivity index (χ1v) is 11.7. The lowest BCUT2D eigenvalue weighted by Crippen LogP contribution is -2.31. The van der Waals surface area contributed by atoms with Gasteiger partial charge < -0.3 is 15.4 Å². The van der Waals surface area contributed by atoms with E-state index in [9.17, 15) is 9.59 Å². The quantitative estimate of drug-likeness (QED) is 0.497. The first-order valence-electron chi connectivity index (χ1n) is 10.9. The van der Waals surface area contributed by atoms with Crippen molar-refractivity contribution in [3.63, 3.8) is 0 Å². The maximum Gasteiger partial charge on any atom is 0.274 e. The molecule has 178 valence electrons. The van der Waals surface area contributed by atoms with Crippen molar-refractivity contribution in [3.05, 3.63) is 69.1 Å². The van der Waals surface area contributed by atoms with Crippen molar-refractivity contribution in [2.24, 2.45) is 5.92 Å². The van der Waals surface area contributed by atoms with Crippen molar-refractivity contribution < 1.29 is 14.3 Å². The SMILES string of the molecule is Cc1cc(Cl)cc(C(=O)NC(C)C)c1NC(=O)c1cc(CC2COC2)nn1-c1ncccc1Cl. The Bertz CT molecular complexity index is 1240. The number of rotatable bonds is 7. The smallest absolute Gasteiger partial charge is 0.274 e. The van der Waals surface area contributed by atoms with Gasteiger partial charge in [-0.15, -0.1) is 0 Å². The van der Waals surface area contributed by atoms with Crippen LogP contribution in [0.25, 0.3) is 5.82 Å². The molecule has 1 aliphatic heterocycles. The zero-order valence-electron chi connectivity index (χ0n) is 19.1. The molecule has 1 fully saturated rings. The third-order valence-electron chi connectivity index (χ3n) is 5.34. The maximum absolute atomic E-state index is 13.5. The molecule has 0 unspecified atom stereocenters. The number of anilines is 1. The highest BCUT2D eigenvalue weighted by Gasteiger charge is 2.25. The van der Waals surface area contributed by atoms with Gasteiger partial charge in [-0.05, 0) is 63.1 Å². The molecule has 2 amide bonds. The van der Waals surface area contributed by atoms with Crippen molar-refractivity contribution in [1.29, 1.82) is 0 Å². The van der Waals surface area contributed by atoms with Crippen LogP contribution in [-0.2, 0) is 11.2 Å². The molecule has 0 atom stereocenters. The number of hydrogen-bond donors (Lipinski definition) is 2. The molecule has 8 nitrogen and oxygen atoms in total. The third-order valence-corrected chi connectivity index (χ3v) is 5.85. The fourth-order valence-electron chi connectivity index (χ4n) is 3.69. The van der Waals surface area contributed by atoms with Crippen molar-refractivity contribution in [3.8, 4) is 5.82 Å². The molecule has 1 aliphatic rings. The summed E-state index contributed by atoms with van der Waals surface area (Å²) in [4.78, 5) is 30.6. The van der Waals surface area contributed by atoms with Crippen molar-refractivity contribution in [2.75, 3.05) is 18.5 Å². The molecule has 0 radical (unpaired) electrons. The summed E-state index contributed by atoms with van der Waals surface area (Å²) < 4.78 is 6.70. The zero-order chi connectivity index (χ0) is 24.4. The Morgan fingerprint density at radius 1 is 1.21 bits per heavy atom. The van der Waals surface area contributed by atoms with Crippen molar-refractivity contribution >= 4 is 40.7 Å². The standard InChI is InChI=1S/C24H25Cl2N5O3/c1-13(2)28-23(32)18-9-16(25)7-14(3)21(18)29-24(33)20-10-17(8-15-11-34-12-15)30-31(20)22-19(26)5-4-6-27-22/h4-7,9-10,13,15H,8,11-12H2,1-3H3,(H,28,32)(H,29,33). The van der Waals surface area contributed by atoms with Gasteiger partial charge in [0.25, 0.3) is 11.8 Å². The molecule has 0 aliphatic carbocycles. The van der Waals surface area contributed by atoms with Crippen LogP contribution in [0, 0.1) is 12.8 Å². The average molecular weight is 502 g/mol. The van der Waals surface area contributed by atoms with E-state index >= 15 is 0 Å². The number of benzene rings is 1. The van der Waals surface area contributed by atoms with E-state index in [1.165, 1.54) is 10.7 Å². The molecule has 4 rings (SSSR count). The fraction of sp³-hybridized carbons (Fsp3) is 0.333. The molecule has 2 N–H and O–H groups in total. The first-order chi connectivity index (χ1) is 16.2. The maximum atomic E-state index is 13.5. The molecule has 0 spiro atoms. The second kappa shape index (κ2) is 10.1. The number of carbonyl (C=O) groups excluding carboxylic acids is 2. The molecule has 3 aromatic rings. The predicted molar refractivity (Wildman–Crippen MR) is 131 cm³/mol. The van der Waals surface area contributed by atoms with Crippen LogP contribution in [-0.4, -0.2) is 45.8 Å². The van der Waals surface area contributed by atoms with Crippen LogP contribution < -0.4 is 10.6 Å². The minimum absolute atomic E-state index is 0.0823. The Balaban J connectivity index is 1.72. The number of hydrogen-bond acceptors (Lipinski definition) is 5. The fourth-order valence-corrected chi connectivity index (χ4v) is 4.16. The van der Waals surface area contributed by atoms with E-state index in [0.717, 1.165) is 5.69 Å². The van der Waals surface area contributed by atoms with Gasteiger partial charge >= 0.3 is 0 Å². The van der Waals surface area contributed by atoms with Gasteiger partial charge in [0, 0.05) is 23.2 Å². The number of aromatic nitrogens is 3. The Hall–Kier alpha value is -2.94. The number of halogens is 2. The van der Waals surface area contributed by atoms with E-state index in [0.29, 0.717) is 52.7 Å². The molecule has 10 heteroatoms. The summed E-state index contributed by atoms with van der Waals surface area (Å²) in [6, 6.07) is 8.26. The molecule has 1 aromatic carbocycles. The van der Waals surface area contributed by atoms with E-state index in [1.54, 1.807) is 37.4 Å². The second-order valence-electron chi connectivity index (χ2n) is 8.58. The number of amides is 2. The highest BCUT2D eigenvalue weighted by Crippen LogP contribution is 2.28. The van der Waals surface area contributed by atoms with Crippen LogP contribution in [0.5, 0.6) is 0 Å². The third kappa shape index (κ3) is 5.24. The van der Waals surface area contributed by atoms with Gasteiger partial charge in [0.05, 0.1) is 35.2 Å². The van der Waals surface area contributed by atoms with Crippen LogP contribution in [0.15, 0.2) is 36.5 Å². The van der Waals surface area contributed by atoms with E-state index in [1.807, 2.05) is 13.8 Å². The largest absolute Gasteiger partial charge is 0.381 e. The molecular formula is C24H25Cl2N5O3. The molecule has 2 aromatic heterocycles. The second-order valence-corrected chi connectivity index (χ2v) is 9.42. The van der Waals surface area contributed by atoms with Crippen LogP contribution in [0.4, 0.5) is 5.69 Å². The number of carbonyl (C=O) groups is 2. The normalized spacial score (nSPS) is 13.6. The monoisotopic (exact) mass is 501 g/mol. The van der Waals surface area contributed by atoms with Crippen LogP contribution in [0.2, 0.25) is 10.0 Å². The van der Waals surface area contributed by atoms with Gasteiger partial charge in [-0.3, -0.25) is 9.59 Å². The summed E-state index contributed by atoms with van der Waals surface area (Å²) >= 11 is 12.6. The molecular weight excluding hydrogens is 477 g/mol. The zero-order valence-corrected chi connectivity index (χ0v) is 20.6. The summed E-state index contributed by atoms with van der Waals surface area (Å²) in [7, 11) is 0. The molecule has 0 bridgehead atoms. The van der Waals surface area contributed by atoms with Gasteiger partial charge in [-0.1, -0.05) is 23.2 Å². The Morgan fingerprint density at radius 2 is 1.97 bits per heavy atom. The summed E-state index contributed by atoms with van der Waals surface area (Å²) in [6.45, 7) is 6.82. The minimum Gasteiger partial charge on any atom is -0.381 e. The summed E-state index contributed by atoms with van der Waals surface area (Å²) in [5, 5.41) is 11.1. The lowest BCUT2D eigenvalue weighted by Gasteiger charge is -2.24. The van der Waals surface area contributed by atoms with E-state index < -0.39 is 5.91 Å².